The van der Waals surface area contributed by atoms with Crippen molar-refractivity contribution in [2.45, 2.75) is 45.6 Å². The van der Waals surface area contributed by atoms with Crippen LogP contribution in [-0.4, -0.2) is 49.8 Å². The Balaban J connectivity index is 1.08. The van der Waals surface area contributed by atoms with Crippen LogP contribution in [0.3, 0.4) is 0 Å². The van der Waals surface area contributed by atoms with Crippen molar-refractivity contribution in [1.82, 2.24) is 25.3 Å². The smallest absolute Gasteiger partial charge is 0.300 e. The number of nitro benzene ring substituents is 1. The van der Waals surface area contributed by atoms with Crippen LogP contribution in [0, 0.1) is 17.0 Å². The van der Waals surface area contributed by atoms with E-state index in [0.717, 1.165) is 44.2 Å². The van der Waals surface area contributed by atoms with E-state index in [-0.39, 0.29) is 11.2 Å². The number of benzene rings is 3. The molecule has 0 aliphatic heterocycles. The van der Waals surface area contributed by atoms with Crippen molar-refractivity contribution in [3.8, 4) is 0 Å². The summed E-state index contributed by atoms with van der Waals surface area (Å²) in [6.07, 6.45) is 4.76. The molecule has 0 amide bonds. The molecule has 0 fully saturated rings. The number of aryl methyl sites for hydroxylation is 1. The molecule has 5 rings (SSSR count). The first-order valence-corrected chi connectivity index (χ1v) is 14.8. The van der Waals surface area contributed by atoms with Crippen LogP contribution in [0.4, 0.5) is 29.2 Å². The molecular weight excluding hydrogens is 560 g/mol. The second kappa shape index (κ2) is 15.2. The number of fused-ring (bicyclic) bond motifs is 1. The molecule has 0 aliphatic carbocycles. The molecule has 2 aromatic heterocycles. The largest absolute Gasteiger partial charge is 0.383 e. The number of anilines is 4. The summed E-state index contributed by atoms with van der Waals surface area (Å²) in [7, 11) is 0. The van der Waals surface area contributed by atoms with Crippen LogP contribution >= 0.6 is 0 Å². The molecule has 3 aromatic carbocycles. The predicted molar refractivity (Wildman–Crippen MR) is 171 cm³/mol. The SMILES string of the molecule is Cc1ccc(CNc2nc(NCCCCCCNc3ccc([N+](=O)[O-])c4nonc34)nc(NCCc3ccccc3)n2)cc1. The van der Waals surface area contributed by atoms with Crippen molar-refractivity contribution in [1.29, 1.82) is 0 Å². The lowest BCUT2D eigenvalue weighted by atomic mass is 10.1. The monoisotopic (exact) mass is 596 g/mol. The molecule has 13 heteroatoms. The molecule has 4 N–H and O–H groups in total. The lowest BCUT2D eigenvalue weighted by Crippen LogP contribution is -2.14. The van der Waals surface area contributed by atoms with Gasteiger partial charge in [-0.15, -0.1) is 0 Å². The van der Waals surface area contributed by atoms with Crippen LogP contribution in [0.2, 0.25) is 0 Å². The zero-order valence-electron chi connectivity index (χ0n) is 24.6. The second-order valence-corrected chi connectivity index (χ2v) is 10.4. The maximum Gasteiger partial charge on any atom is 0.300 e. The summed E-state index contributed by atoms with van der Waals surface area (Å²) in [6, 6.07) is 21.7. The highest BCUT2D eigenvalue weighted by Gasteiger charge is 2.19. The second-order valence-electron chi connectivity index (χ2n) is 10.4. The van der Waals surface area contributed by atoms with Crippen LogP contribution in [0.1, 0.15) is 42.4 Å². The van der Waals surface area contributed by atoms with Crippen molar-refractivity contribution in [3.05, 3.63) is 93.5 Å². The number of rotatable bonds is 17. The number of aromatic nitrogens is 5. The van der Waals surface area contributed by atoms with E-state index in [1.165, 1.54) is 17.2 Å². The molecule has 0 spiro atoms. The molecule has 5 aromatic rings. The van der Waals surface area contributed by atoms with Crippen LogP contribution < -0.4 is 21.3 Å². The van der Waals surface area contributed by atoms with Crippen molar-refractivity contribution in [2.24, 2.45) is 0 Å². The molecule has 13 nitrogen and oxygen atoms in total. The summed E-state index contributed by atoms with van der Waals surface area (Å²) in [6.45, 7) is 4.82. The Labute approximate surface area is 255 Å². The highest BCUT2D eigenvalue weighted by Crippen LogP contribution is 2.28. The predicted octanol–water partition coefficient (Wildman–Crippen LogP) is 5.98. The van der Waals surface area contributed by atoms with E-state index < -0.39 is 4.92 Å². The Kier molecular flexibility index (Phi) is 10.4. The number of unbranched alkanes of at least 4 members (excludes halogenated alkanes) is 3. The minimum Gasteiger partial charge on any atom is -0.383 e. The summed E-state index contributed by atoms with van der Waals surface area (Å²) in [5.41, 5.74) is 4.67. The van der Waals surface area contributed by atoms with E-state index in [0.29, 0.717) is 48.7 Å². The van der Waals surface area contributed by atoms with Gasteiger partial charge in [0, 0.05) is 32.2 Å². The van der Waals surface area contributed by atoms with E-state index in [1.807, 2.05) is 18.2 Å². The Bertz CT molecular complexity index is 1640. The molecule has 0 saturated carbocycles. The van der Waals surface area contributed by atoms with E-state index in [9.17, 15) is 10.1 Å². The Morgan fingerprint density at radius 1 is 0.682 bits per heavy atom. The highest BCUT2D eigenvalue weighted by atomic mass is 16.6. The van der Waals surface area contributed by atoms with Gasteiger partial charge in [-0.2, -0.15) is 15.0 Å². The molecule has 0 radical (unpaired) electrons. The zero-order valence-corrected chi connectivity index (χ0v) is 24.6. The molecule has 2 heterocycles. The summed E-state index contributed by atoms with van der Waals surface area (Å²) < 4.78 is 4.72. The number of nitro groups is 1. The van der Waals surface area contributed by atoms with Gasteiger partial charge in [0.25, 0.3) is 0 Å². The average molecular weight is 597 g/mol. The average Bonchev–Trinajstić information content (AvgIpc) is 3.53. The molecule has 0 atom stereocenters. The topological polar surface area (TPSA) is 169 Å². The number of non-ortho nitro benzene ring substituents is 1. The normalized spacial score (nSPS) is 10.9. The van der Waals surface area contributed by atoms with Gasteiger partial charge >= 0.3 is 5.69 Å². The fraction of sp³-hybridized carbons (Fsp3) is 0.323. The van der Waals surface area contributed by atoms with Gasteiger partial charge < -0.3 is 21.3 Å². The third-order valence-corrected chi connectivity index (χ3v) is 7.04. The first kappa shape index (κ1) is 30.1. The lowest BCUT2D eigenvalue weighted by Gasteiger charge is -2.12. The number of hydrogen-bond donors (Lipinski definition) is 4. The molecule has 0 bridgehead atoms. The summed E-state index contributed by atoms with van der Waals surface area (Å²) in [5.74, 6) is 1.57. The molecular formula is C31H36N10O3. The minimum atomic E-state index is -0.493. The molecule has 0 unspecified atom stereocenters. The zero-order chi connectivity index (χ0) is 30.6. The summed E-state index contributed by atoms with van der Waals surface area (Å²) in [4.78, 5) is 24.5. The van der Waals surface area contributed by atoms with Crippen molar-refractivity contribution >= 4 is 40.3 Å². The lowest BCUT2D eigenvalue weighted by molar-refractivity contribution is -0.383. The quantitative estimate of drug-likeness (QED) is 0.0564. The maximum absolute atomic E-state index is 11.2. The number of nitrogens with zero attached hydrogens (tertiary/aromatic N) is 6. The van der Waals surface area contributed by atoms with Crippen LogP contribution in [-0.2, 0) is 13.0 Å². The third kappa shape index (κ3) is 8.60. The van der Waals surface area contributed by atoms with Crippen molar-refractivity contribution in [3.63, 3.8) is 0 Å². The van der Waals surface area contributed by atoms with Gasteiger partial charge in [0.2, 0.25) is 23.4 Å². The van der Waals surface area contributed by atoms with Gasteiger partial charge in [0.05, 0.1) is 10.6 Å². The molecule has 0 saturated heterocycles. The van der Waals surface area contributed by atoms with E-state index in [4.69, 9.17) is 4.63 Å². The van der Waals surface area contributed by atoms with E-state index >= 15 is 0 Å². The van der Waals surface area contributed by atoms with Gasteiger partial charge in [0.15, 0.2) is 5.52 Å². The fourth-order valence-corrected chi connectivity index (χ4v) is 4.63. The van der Waals surface area contributed by atoms with E-state index in [1.54, 1.807) is 6.07 Å². The number of nitrogens with one attached hydrogen (secondary N) is 4. The van der Waals surface area contributed by atoms with Gasteiger partial charge in [-0.05, 0) is 53.7 Å². The summed E-state index contributed by atoms with van der Waals surface area (Å²) >= 11 is 0. The van der Waals surface area contributed by atoms with Crippen molar-refractivity contribution in [2.75, 3.05) is 40.9 Å². The molecule has 44 heavy (non-hydrogen) atoms. The maximum atomic E-state index is 11.2. The van der Waals surface area contributed by atoms with Crippen molar-refractivity contribution < 1.29 is 9.55 Å². The molecule has 0 aliphatic rings. The fourth-order valence-electron chi connectivity index (χ4n) is 4.63. The Hall–Kier alpha value is -5.33. The first-order valence-electron chi connectivity index (χ1n) is 14.8. The standard InChI is InChI=1S/C31H36N10O3/c1-22-11-13-24(14-12-22)21-35-31-37-29(36-30(38-31)34-20-17-23-9-5-4-6-10-23)33-19-8-3-2-7-18-32-25-15-16-26(41(42)43)28-27(25)39-44-40-28/h4-6,9-16,32H,2-3,7-8,17-21H2,1H3,(H3,33,34,35,36,37,38). The minimum absolute atomic E-state index is 0.123. The van der Waals surface area contributed by atoms with Crippen LogP contribution in [0.5, 0.6) is 0 Å². The van der Waals surface area contributed by atoms with Gasteiger partial charge in [-0.25, -0.2) is 4.63 Å². The van der Waals surface area contributed by atoms with Gasteiger partial charge in [-0.3, -0.25) is 10.1 Å². The highest BCUT2D eigenvalue weighted by molar-refractivity contribution is 5.93. The molecule has 228 valence electrons. The van der Waals surface area contributed by atoms with Crippen LogP contribution in [0.15, 0.2) is 71.4 Å². The van der Waals surface area contributed by atoms with Gasteiger partial charge in [0.1, 0.15) is 0 Å². The Morgan fingerprint density at radius 2 is 1.32 bits per heavy atom. The number of hydrogen-bond acceptors (Lipinski definition) is 12. The van der Waals surface area contributed by atoms with E-state index in [2.05, 4.69) is 89.9 Å². The summed E-state index contributed by atoms with van der Waals surface area (Å²) in [5, 5.41) is 32.0. The van der Waals surface area contributed by atoms with Gasteiger partial charge in [-0.1, -0.05) is 73.0 Å². The third-order valence-electron chi connectivity index (χ3n) is 7.04. The van der Waals surface area contributed by atoms with Crippen LogP contribution in [0.25, 0.3) is 11.0 Å². The first-order chi connectivity index (χ1) is 21.5. The Morgan fingerprint density at radius 3 is 2.02 bits per heavy atom.